The van der Waals surface area contributed by atoms with Crippen LogP contribution >= 0.6 is 11.5 Å². The molecule has 0 fully saturated rings. The highest BCUT2D eigenvalue weighted by molar-refractivity contribution is 7.10. The van der Waals surface area contributed by atoms with Crippen molar-refractivity contribution in [1.29, 1.82) is 0 Å². The van der Waals surface area contributed by atoms with Gasteiger partial charge in [-0.25, -0.2) is 0 Å². The third-order valence-corrected chi connectivity index (χ3v) is 2.50. The van der Waals surface area contributed by atoms with E-state index in [0.717, 1.165) is 17.1 Å². The maximum absolute atomic E-state index is 11.0. The van der Waals surface area contributed by atoms with Gasteiger partial charge >= 0.3 is 0 Å². The van der Waals surface area contributed by atoms with Gasteiger partial charge in [-0.15, -0.1) is 0 Å². The summed E-state index contributed by atoms with van der Waals surface area (Å²) in [5.41, 5.74) is 0.929. The van der Waals surface area contributed by atoms with Crippen molar-refractivity contribution in [3.63, 3.8) is 0 Å². The number of rotatable bonds is 3. The Morgan fingerprint density at radius 2 is 2.12 bits per heavy atom. The van der Waals surface area contributed by atoms with Crippen LogP contribution in [0.5, 0.6) is 0 Å². The predicted octanol–water partition coefficient (Wildman–Crippen LogP) is 2.33. The quantitative estimate of drug-likeness (QED) is 0.825. The van der Waals surface area contributed by atoms with Gasteiger partial charge in [0.1, 0.15) is 0 Å². The largest absolute Gasteiger partial charge is 0.297 e. The molecule has 0 atom stereocenters. The second-order valence-corrected chi connectivity index (χ2v) is 3.73. The van der Waals surface area contributed by atoms with E-state index in [1.54, 1.807) is 0 Å². The Kier molecular flexibility index (Phi) is 3.07. The third-order valence-electron chi connectivity index (χ3n) is 1.87. The summed E-state index contributed by atoms with van der Waals surface area (Å²) in [7, 11) is 0. The fourth-order valence-electron chi connectivity index (χ4n) is 1.14. The van der Waals surface area contributed by atoms with Crippen LogP contribution < -0.4 is 5.32 Å². The van der Waals surface area contributed by atoms with E-state index in [1.165, 1.54) is 6.08 Å². The first-order chi connectivity index (χ1) is 7.79. The van der Waals surface area contributed by atoms with E-state index < -0.39 is 0 Å². The molecule has 5 heteroatoms. The van der Waals surface area contributed by atoms with Crippen molar-refractivity contribution >= 4 is 22.6 Å². The van der Waals surface area contributed by atoms with Crippen molar-refractivity contribution in [3.8, 4) is 11.4 Å². The Bertz CT molecular complexity index is 507. The molecule has 1 amide bonds. The molecule has 1 heterocycles. The maximum Gasteiger partial charge on any atom is 0.249 e. The third kappa shape index (κ3) is 2.32. The second-order valence-electron chi connectivity index (χ2n) is 2.98. The van der Waals surface area contributed by atoms with E-state index in [1.807, 2.05) is 30.3 Å². The number of carbonyl (C=O) groups excluding carboxylic acids is 1. The van der Waals surface area contributed by atoms with E-state index in [4.69, 9.17) is 0 Å². The van der Waals surface area contributed by atoms with Crippen LogP contribution in [0.25, 0.3) is 11.4 Å². The fraction of sp³-hybridized carbons (Fsp3) is 0. The lowest BCUT2D eigenvalue weighted by Crippen LogP contribution is -2.06. The highest BCUT2D eigenvalue weighted by Gasteiger charge is 2.06. The molecule has 0 aliphatic rings. The van der Waals surface area contributed by atoms with E-state index in [9.17, 15) is 4.79 Å². The minimum Gasteiger partial charge on any atom is -0.297 e. The summed E-state index contributed by atoms with van der Waals surface area (Å²) in [6.45, 7) is 3.37. The maximum atomic E-state index is 11.0. The fourth-order valence-corrected chi connectivity index (χ4v) is 1.73. The zero-order chi connectivity index (χ0) is 11.4. The van der Waals surface area contributed by atoms with Gasteiger partial charge in [-0.1, -0.05) is 36.9 Å². The van der Waals surface area contributed by atoms with Gasteiger partial charge in [0.05, 0.1) is 0 Å². The molecule has 1 aromatic carbocycles. The standard InChI is InChI=1S/C11H9N3OS/c1-2-9(15)12-11-13-10(14-16-11)8-6-4-3-5-7-8/h2-7H,1H2,(H,12,13,14,15). The zero-order valence-corrected chi connectivity index (χ0v) is 9.20. The molecule has 0 aliphatic heterocycles. The Morgan fingerprint density at radius 1 is 1.38 bits per heavy atom. The average Bonchev–Trinajstić information content (AvgIpc) is 2.78. The normalized spacial score (nSPS) is 9.75. The molecule has 80 valence electrons. The number of amides is 1. The van der Waals surface area contributed by atoms with Crippen LogP contribution in [0.1, 0.15) is 0 Å². The Morgan fingerprint density at radius 3 is 2.81 bits per heavy atom. The van der Waals surface area contributed by atoms with Crippen molar-refractivity contribution in [2.75, 3.05) is 5.32 Å². The number of carbonyl (C=O) groups is 1. The SMILES string of the molecule is C=CC(=O)Nc1nc(-c2ccccc2)ns1. The first-order valence-corrected chi connectivity index (χ1v) is 5.39. The van der Waals surface area contributed by atoms with Crippen LogP contribution in [0.15, 0.2) is 43.0 Å². The highest BCUT2D eigenvalue weighted by Crippen LogP contribution is 2.20. The number of nitrogens with zero attached hydrogens (tertiary/aromatic N) is 2. The van der Waals surface area contributed by atoms with E-state index in [-0.39, 0.29) is 5.91 Å². The summed E-state index contributed by atoms with van der Waals surface area (Å²) in [5.74, 6) is 0.334. The molecule has 16 heavy (non-hydrogen) atoms. The van der Waals surface area contributed by atoms with Crippen molar-refractivity contribution in [1.82, 2.24) is 9.36 Å². The number of benzene rings is 1. The molecule has 2 rings (SSSR count). The molecular weight excluding hydrogens is 222 g/mol. The Hall–Kier alpha value is -2.01. The van der Waals surface area contributed by atoms with Gasteiger partial charge in [0.15, 0.2) is 5.82 Å². The van der Waals surface area contributed by atoms with Crippen LogP contribution in [0, 0.1) is 0 Å². The molecule has 1 aromatic heterocycles. The van der Waals surface area contributed by atoms with Crippen LogP contribution in [0.4, 0.5) is 5.13 Å². The van der Waals surface area contributed by atoms with E-state index >= 15 is 0 Å². The summed E-state index contributed by atoms with van der Waals surface area (Å²) in [6.07, 6.45) is 1.20. The summed E-state index contributed by atoms with van der Waals surface area (Å²) in [4.78, 5) is 15.2. The zero-order valence-electron chi connectivity index (χ0n) is 8.38. The number of nitrogens with one attached hydrogen (secondary N) is 1. The number of anilines is 1. The number of aromatic nitrogens is 2. The molecule has 2 aromatic rings. The topological polar surface area (TPSA) is 54.9 Å². The number of hydrogen-bond acceptors (Lipinski definition) is 4. The average molecular weight is 231 g/mol. The van der Waals surface area contributed by atoms with Gasteiger partial charge in [0.25, 0.3) is 0 Å². The van der Waals surface area contributed by atoms with Gasteiger partial charge in [-0.05, 0) is 6.08 Å². The molecule has 0 saturated carbocycles. The van der Waals surface area contributed by atoms with Crippen molar-refractivity contribution in [3.05, 3.63) is 43.0 Å². The molecule has 0 unspecified atom stereocenters. The first kappa shape index (κ1) is 10.5. The van der Waals surface area contributed by atoms with Crippen LogP contribution in [-0.4, -0.2) is 15.3 Å². The lowest BCUT2D eigenvalue weighted by atomic mass is 10.2. The summed E-state index contributed by atoms with van der Waals surface area (Å²) < 4.78 is 4.16. The molecule has 4 nitrogen and oxygen atoms in total. The number of hydrogen-bond donors (Lipinski definition) is 1. The van der Waals surface area contributed by atoms with Crippen LogP contribution in [0.2, 0.25) is 0 Å². The molecule has 0 bridgehead atoms. The smallest absolute Gasteiger partial charge is 0.249 e. The molecule has 0 spiro atoms. The van der Waals surface area contributed by atoms with Crippen molar-refractivity contribution < 1.29 is 4.79 Å². The van der Waals surface area contributed by atoms with E-state index in [0.29, 0.717) is 11.0 Å². The summed E-state index contributed by atoms with van der Waals surface area (Å²) in [5, 5.41) is 3.05. The lowest BCUT2D eigenvalue weighted by Gasteiger charge is -1.94. The molecule has 0 aliphatic carbocycles. The van der Waals surface area contributed by atoms with Crippen molar-refractivity contribution in [2.24, 2.45) is 0 Å². The molecule has 0 radical (unpaired) electrons. The van der Waals surface area contributed by atoms with Gasteiger partial charge in [0.2, 0.25) is 11.0 Å². The summed E-state index contributed by atoms with van der Waals surface area (Å²) in [6, 6.07) is 9.59. The molecular formula is C11H9N3OS. The second kappa shape index (κ2) is 4.67. The molecule has 0 saturated heterocycles. The van der Waals surface area contributed by atoms with Gasteiger partial charge < -0.3 is 0 Å². The Labute approximate surface area is 96.8 Å². The van der Waals surface area contributed by atoms with Gasteiger partial charge in [0, 0.05) is 17.1 Å². The monoisotopic (exact) mass is 231 g/mol. The van der Waals surface area contributed by atoms with Crippen LogP contribution in [0.3, 0.4) is 0 Å². The van der Waals surface area contributed by atoms with Gasteiger partial charge in [-0.3, -0.25) is 10.1 Å². The van der Waals surface area contributed by atoms with Gasteiger partial charge in [-0.2, -0.15) is 9.36 Å². The minimum absolute atomic E-state index is 0.282. The lowest BCUT2D eigenvalue weighted by molar-refractivity contribution is -0.111. The molecule has 1 N–H and O–H groups in total. The van der Waals surface area contributed by atoms with Crippen molar-refractivity contribution in [2.45, 2.75) is 0 Å². The summed E-state index contributed by atoms with van der Waals surface area (Å²) >= 11 is 1.15. The van der Waals surface area contributed by atoms with E-state index in [2.05, 4.69) is 21.3 Å². The van der Waals surface area contributed by atoms with Crippen LogP contribution in [-0.2, 0) is 4.79 Å². The predicted molar refractivity (Wildman–Crippen MR) is 64.2 cm³/mol. The Balaban J connectivity index is 2.20. The first-order valence-electron chi connectivity index (χ1n) is 4.62. The minimum atomic E-state index is -0.282. The highest BCUT2D eigenvalue weighted by atomic mass is 32.1.